The third-order valence-corrected chi connectivity index (χ3v) is 7.24. The summed E-state index contributed by atoms with van der Waals surface area (Å²) in [6.45, 7) is 2.16. The van der Waals surface area contributed by atoms with E-state index in [1.165, 1.54) is 30.6 Å². The first kappa shape index (κ1) is 19.1. The van der Waals surface area contributed by atoms with E-state index in [1.807, 2.05) is 60.7 Å². The van der Waals surface area contributed by atoms with Gasteiger partial charge in [0.1, 0.15) is 16.3 Å². The summed E-state index contributed by atoms with van der Waals surface area (Å²) in [4.78, 5) is 21.4. The maximum atomic E-state index is 12.7. The summed E-state index contributed by atoms with van der Waals surface area (Å²) in [5, 5.41) is 4.04. The van der Waals surface area contributed by atoms with Gasteiger partial charge in [-0.15, -0.1) is 11.3 Å². The van der Waals surface area contributed by atoms with Gasteiger partial charge < -0.3 is 15.0 Å². The molecule has 0 atom stereocenters. The fourth-order valence-corrected chi connectivity index (χ4v) is 5.64. The molecule has 0 saturated carbocycles. The lowest BCUT2D eigenvalue weighted by molar-refractivity contribution is 0.103. The van der Waals surface area contributed by atoms with E-state index in [0.717, 1.165) is 44.9 Å². The molecule has 1 aliphatic rings. The van der Waals surface area contributed by atoms with Gasteiger partial charge in [0.25, 0.3) is 5.91 Å². The summed E-state index contributed by atoms with van der Waals surface area (Å²) in [6, 6.07) is 19.0. The second kappa shape index (κ2) is 8.45. The van der Waals surface area contributed by atoms with E-state index in [4.69, 9.17) is 9.72 Å². The lowest BCUT2D eigenvalue weighted by Crippen LogP contribution is -2.29. The highest BCUT2D eigenvalue weighted by molar-refractivity contribution is 7.29. The minimum absolute atomic E-state index is 0.110. The molecule has 0 bridgehead atoms. The number of ether oxygens (including phenoxy) is 1. The SMILES string of the molecule is O=C(Nc1ccc(Oc2ccccc2)cc1)c1cc2sc(N3CCCCC3)nc2s1. The van der Waals surface area contributed by atoms with Crippen molar-refractivity contribution in [3.05, 3.63) is 65.5 Å². The smallest absolute Gasteiger partial charge is 0.265 e. The number of carbonyl (C=O) groups excluding carboxylic acids is 1. The molecule has 5 nitrogen and oxygen atoms in total. The molecule has 1 amide bonds. The number of nitrogens with one attached hydrogen (secondary N) is 1. The van der Waals surface area contributed by atoms with Crippen molar-refractivity contribution >= 4 is 48.9 Å². The molecule has 30 heavy (non-hydrogen) atoms. The van der Waals surface area contributed by atoms with Gasteiger partial charge in [0.05, 0.1) is 9.58 Å². The molecular formula is C23H21N3O2S2. The first-order valence-electron chi connectivity index (χ1n) is 10.0. The maximum absolute atomic E-state index is 12.7. The van der Waals surface area contributed by atoms with E-state index in [9.17, 15) is 4.79 Å². The number of anilines is 2. The van der Waals surface area contributed by atoms with Gasteiger partial charge in [0.15, 0.2) is 5.13 Å². The van der Waals surface area contributed by atoms with Gasteiger partial charge in [0.2, 0.25) is 0 Å². The van der Waals surface area contributed by atoms with Crippen molar-refractivity contribution < 1.29 is 9.53 Å². The highest BCUT2D eigenvalue weighted by atomic mass is 32.1. The number of hydrogen-bond donors (Lipinski definition) is 1. The number of thiophene rings is 1. The Balaban J connectivity index is 1.24. The van der Waals surface area contributed by atoms with E-state index in [1.54, 1.807) is 11.3 Å². The van der Waals surface area contributed by atoms with Crippen LogP contribution in [0.3, 0.4) is 0 Å². The molecular weight excluding hydrogens is 414 g/mol. The summed E-state index contributed by atoms with van der Waals surface area (Å²) in [5.41, 5.74) is 0.735. The van der Waals surface area contributed by atoms with Crippen LogP contribution < -0.4 is 15.0 Å². The van der Waals surface area contributed by atoms with Gasteiger partial charge in [-0.2, -0.15) is 0 Å². The van der Waals surface area contributed by atoms with Gasteiger partial charge in [-0.25, -0.2) is 4.98 Å². The Labute approximate surface area is 182 Å². The largest absolute Gasteiger partial charge is 0.457 e. The van der Waals surface area contributed by atoms with Crippen LogP contribution in [0.1, 0.15) is 28.9 Å². The molecule has 1 saturated heterocycles. The van der Waals surface area contributed by atoms with Crippen molar-refractivity contribution in [3.8, 4) is 11.5 Å². The molecule has 152 valence electrons. The van der Waals surface area contributed by atoms with E-state index in [-0.39, 0.29) is 5.91 Å². The van der Waals surface area contributed by atoms with Crippen LogP contribution in [0.4, 0.5) is 10.8 Å². The summed E-state index contributed by atoms with van der Waals surface area (Å²) in [7, 11) is 0. The van der Waals surface area contributed by atoms with Crippen LogP contribution in [0, 0.1) is 0 Å². The zero-order valence-corrected chi connectivity index (χ0v) is 18.0. The lowest BCUT2D eigenvalue weighted by atomic mass is 10.1. The molecule has 2 aromatic heterocycles. The lowest BCUT2D eigenvalue weighted by Gasteiger charge is -2.25. The topological polar surface area (TPSA) is 54.5 Å². The third kappa shape index (κ3) is 4.17. The Bertz CT molecular complexity index is 1110. The Morgan fingerprint density at radius 1 is 0.933 bits per heavy atom. The number of thiazole rings is 1. The molecule has 3 heterocycles. The fourth-order valence-electron chi connectivity index (χ4n) is 3.48. The van der Waals surface area contributed by atoms with Crippen molar-refractivity contribution in [2.75, 3.05) is 23.3 Å². The molecule has 4 aromatic rings. The summed E-state index contributed by atoms with van der Waals surface area (Å²) >= 11 is 3.13. The van der Waals surface area contributed by atoms with Crippen molar-refractivity contribution in [1.82, 2.24) is 4.98 Å². The zero-order chi connectivity index (χ0) is 20.3. The summed E-state index contributed by atoms with van der Waals surface area (Å²) in [6.07, 6.45) is 3.77. The van der Waals surface area contributed by atoms with Gasteiger partial charge in [-0.05, 0) is 61.7 Å². The van der Waals surface area contributed by atoms with Crippen molar-refractivity contribution in [1.29, 1.82) is 0 Å². The Morgan fingerprint density at radius 2 is 1.67 bits per heavy atom. The molecule has 1 N–H and O–H groups in total. The molecule has 2 aromatic carbocycles. The van der Waals surface area contributed by atoms with Crippen LogP contribution in [0.5, 0.6) is 11.5 Å². The zero-order valence-electron chi connectivity index (χ0n) is 16.3. The van der Waals surface area contributed by atoms with E-state index in [0.29, 0.717) is 4.88 Å². The van der Waals surface area contributed by atoms with Crippen LogP contribution >= 0.6 is 22.7 Å². The summed E-state index contributed by atoms with van der Waals surface area (Å²) < 4.78 is 6.87. The molecule has 1 aliphatic heterocycles. The number of rotatable bonds is 5. The molecule has 0 radical (unpaired) electrons. The van der Waals surface area contributed by atoms with Crippen LogP contribution in [-0.4, -0.2) is 24.0 Å². The van der Waals surface area contributed by atoms with Gasteiger partial charge in [-0.1, -0.05) is 29.5 Å². The number of piperidine rings is 1. The quantitative estimate of drug-likeness (QED) is 0.394. The van der Waals surface area contributed by atoms with Crippen molar-refractivity contribution in [2.45, 2.75) is 19.3 Å². The number of hydrogen-bond acceptors (Lipinski definition) is 6. The molecule has 0 aliphatic carbocycles. The Hall–Kier alpha value is -2.90. The second-order valence-electron chi connectivity index (χ2n) is 7.22. The van der Waals surface area contributed by atoms with E-state index in [2.05, 4.69) is 10.2 Å². The van der Waals surface area contributed by atoms with E-state index >= 15 is 0 Å². The normalized spacial score (nSPS) is 14.1. The molecule has 0 spiro atoms. The highest BCUT2D eigenvalue weighted by Gasteiger charge is 2.18. The maximum Gasteiger partial charge on any atom is 0.265 e. The average molecular weight is 436 g/mol. The first-order chi connectivity index (χ1) is 14.7. The van der Waals surface area contributed by atoms with Crippen LogP contribution in [0.15, 0.2) is 60.7 Å². The monoisotopic (exact) mass is 435 g/mol. The number of benzene rings is 2. The van der Waals surface area contributed by atoms with Crippen molar-refractivity contribution in [2.24, 2.45) is 0 Å². The number of aromatic nitrogens is 1. The Kier molecular flexibility index (Phi) is 5.38. The first-order valence-corrected chi connectivity index (χ1v) is 11.7. The predicted molar refractivity (Wildman–Crippen MR) is 124 cm³/mol. The summed E-state index contributed by atoms with van der Waals surface area (Å²) in [5.74, 6) is 1.40. The van der Waals surface area contributed by atoms with Gasteiger partial charge in [-0.3, -0.25) is 4.79 Å². The Morgan fingerprint density at radius 3 is 2.40 bits per heavy atom. The van der Waals surface area contributed by atoms with Crippen molar-refractivity contribution in [3.63, 3.8) is 0 Å². The highest BCUT2D eigenvalue weighted by Crippen LogP contribution is 2.36. The standard InChI is InChI=1S/C23H21N3O2S2/c27-21(24-16-9-11-18(12-10-16)28-17-7-3-1-4-8-17)19-15-20-22(29-19)25-23(30-20)26-13-5-2-6-14-26/h1,3-4,7-12,15H,2,5-6,13-14H2,(H,24,27). The van der Waals surface area contributed by atoms with Gasteiger partial charge in [0, 0.05) is 18.8 Å². The molecule has 1 fully saturated rings. The predicted octanol–water partition coefficient (Wildman–Crippen LogP) is 6.39. The number of para-hydroxylation sites is 1. The minimum atomic E-state index is -0.110. The van der Waals surface area contributed by atoms with Crippen LogP contribution in [0.2, 0.25) is 0 Å². The van der Waals surface area contributed by atoms with E-state index < -0.39 is 0 Å². The number of amides is 1. The molecule has 0 unspecified atom stereocenters. The number of carbonyl (C=O) groups is 1. The fraction of sp³-hybridized carbons (Fsp3) is 0.217. The minimum Gasteiger partial charge on any atom is -0.457 e. The van der Waals surface area contributed by atoms with Crippen LogP contribution in [0.25, 0.3) is 9.53 Å². The molecule has 7 heteroatoms. The third-order valence-electron chi connectivity index (χ3n) is 5.02. The second-order valence-corrected chi connectivity index (χ2v) is 9.26. The van der Waals surface area contributed by atoms with Gasteiger partial charge >= 0.3 is 0 Å². The molecule has 5 rings (SSSR count). The number of nitrogens with zero attached hydrogens (tertiary/aromatic N) is 2. The van der Waals surface area contributed by atoms with Crippen LogP contribution in [-0.2, 0) is 0 Å². The number of fused-ring (bicyclic) bond motifs is 1. The average Bonchev–Trinajstić information content (AvgIpc) is 3.36.